The zero-order valence-electron chi connectivity index (χ0n) is 15.7. The predicted octanol–water partition coefficient (Wildman–Crippen LogP) is 1.29. The third-order valence-corrected chi connectivity index (χ3v) is 4.27. The third kappa shape index (κ3) is 5.65. The first-order valence-electron chi connectivity index (χ1n) is 8.88. The third-order valence-electron chi connectivity index (χ3n) is 4.27. The summed E-state index contributed by atoms with van der Waals surface area (Å²) in [7, 11) is 1.85. The lowest BCUT2D eigenvalue weighted by atomic mass is 10.2. The first-order chi connectivity index (χ1) is 12.7. The van der Waals surface area contributed by atoms with Crippen LogP contribution in [0.2, 0.25) is 0 Å². The molecule has 3 rings (SSSR count). The number of pyridine rings is 1. The molecule has 0 radical (unpaired) electrons. The smallest absolute Gasteiger partial charge is 0.246 e. The van der Waals surface area contributed by atoms with Gasteiger partial charge in [0.25, 0.3) is 0 Å². The molecule has 1 N–H and O–H groups in total. The van der Waals surface area contributed by atoms with Crippen LogP contribution in [-0.2, 0) is 18.3 Å². The minimum absolute atomic E-state index is 0. The number of guanidine groups is 1. The molecule has 0 aromatic carbocycles. The lowest BCUT2D eigenvalue weighted by Crippen LogP contribution is -2.55. The summed E-state index contributed by atoms with van der Waals surface area (Å²) in [5.41, 5.74) is 2.05. The summed E-state index contributed by atoms with van der Waals surface area (Å²) < 4.78 is 1.71. The number of aromatic nitrogens is 3. The van der Waals surface area contributed by atoms with E-state index in [1.165, 1.54) is 5.56 Å². The van der Waals surface area contributed by atoms with E-state index in [9.17, 15) is 4.79 Å². The topological polar surface area (TPSA) is 78.7 Å². The highest BCUT2D eigenvalue weighted by Crippen LogP contribution is 2.16. The molecule has 1 aliphatic heterocycles. The Bertz CT molecular complexity index is 762. The molecule has 1 amide bonds. The number of carbonyl (C=O) groups excluding carboxylic acids is 1. The van der Waals surface area contributed by atoms with Crippen molar-refractivity contribution in [3.05, 3.63) is 42.5 Å². The molecule has 8 nitrogen and oxygen atoms in total. The molecule has 27 heavy (non-hydrogen) atoms. The van der Waals surface area contributed by atoms with Crippen LogP contribution < -0.4 is 10.2 Å². The van der Waals surface area contributed by atoms with Crippen LogP contribution in [0.25, 0.3) is 0 Å². The van der Waals surface area contributed by atoms with Crippen molar-refractivity contribution >= 4 is 41.5 Å². The Morgan fingerprint density at radius 1 is 1.30 bits per heavy atom. The van der Waals surface area contributed by atoms with Crippen molar-refractivity contribution < 1.29 is 4.79 Å². The van der Waals surface area contributed by atoms with Crippen molar-refractivity contribution in [3.63, 3.8) is 0 Å². The number of hydrogen-bond acceptors (Lipinski definition) is 4. The largest absolute Gasteiger partial charge is 0.357 e. The molecule has 1 aliphatic rings. The molecule has 0 spiro atoms. The van der Waals surface area contributed by atoms with Crippen molar-refractivity contribution in [2.24, 2.45) is 12.0 Å². The number of nitrogens with one attached hydrogen (secondary N) is 1. The van der Waals surface area contributed by atoms with Gasteiger partial charge in [0, 0.05) is 51.8 Å². The van der Waals surface area contributed by atoms with Crippen LogP contribution in [-0.4, -0.2) is 64.3 Å². The Morgan fingerprint density at radius 3 is 2.70 bits per heavy atom. The van der Waals surface area contributed by atoms with Crippen LogP contribution in [0.1, 0.15) is 12.5 Å². The zero-order chi connectivity index (χ0) is 18.4. The van der Waals surface area contributed by atoms with Crippen molar-refractivity contribution in [2.45, 2.75) is 13.3 Å². The highest BCUT2D eigenvalue weighted by Gasteiger charge is 2.27. The highest BCUT2D eigenvalue weighted by molar-refractivity contribution is 14.0. The van der Waals surface area contributed by atoms with Gasteiger partial charge in [-0.05, 0) is 31.0 Å². The summed E-state index contributed by atoms with van der Waals surface area (Å²) >= 11 is 0. The van der Waals surface area contributed by atoms with Gasteiger partial charge in [0.05, 0.1) is 11.9 Å². The van der Waals surface area contributed by atoms with Crippen molar-refractivity contribution in [2.75, 3.05) is 37.6 Å². The number of amides is 1. The molecule has 0 saturated carbocycles. The first-order valence-corrected chi connectivity index (χ1v) is 8.88. The van der Waals surface area contributed by atoms with Crippen molar-refractivity contribution in [1.29, 1.82) is 0 Å². The number of carbonyl (C=O) groups is 1. The maximum Gasteiger partial charge on any atom is 0.246 e. The Kier molecular flexibility index (Phi) is 8.01. The molecule has 3 heterocycles. The number of halogens is 1. The van der Waals surface area contributed by atoms with E-state index in [0.29, 0.717) is 19.6 Å². The second-order valence-corrected chi connectivity index (χ2v) is 6.18. The minimum atomic E-state index is 0. The molecule has 1 fully saturated rings. The van der Waals surface area contributed by atoms with Crippen LogP contribution >= 0.6 is 24.0 Å². The quantitative estimate of drug-likeness (QED) is 0.394. The number of piperazine rings is 1. The summed E-state index contributed by atoms with van der Waals surface area (Å²) in [4.78, 5) is 25.1. The summed E-state index contributed by atoms with van der Waals surface area (Å²) in [6.45, 7) is 5.15. The maximum atomic E-state index is 12.6. The summed E-state index contributed by atoms with van der Waals surface area (Å²) in [5.74, 6) is 0.852. The van der Waals surface area contributed by atoms with Gasteiger partial charge < -0.3 is 15.1 Å². The van der Waals surface area contributed by atoms with Gasteiger partial charge in [-0.1, -0.05) is 0 Å². The van der Waals surface area contributed by atoms with Gasteiger partial charge in [0.2, 0.25) is 5.91 Å². The van der Waals surface area contributed by atoms with Crippen molar-refractivity contribution in [1.82, 2.24) is 25.0 Å². The second-order valence-electron chi connectivity index (χ2n) is 6.18. The van der Waals surface area contributed by atoms with E-state index in [2.05, 4.69) is 15.4 Å². The molecule has 1 saturated heterocycles. The Labute approximate surface area is 176 Å². The number of rotatable bonds is 5. The van der Waals surface area contributed by atoms with Gasteiger partial charge in [0.15, 0.2) is 5.96 Å². The average molecular weight is 483 g/mol. The maximum absolute atomic E-state index is 12.6. The van der Waals surface area contributed by atoms with Gasteiger partial charge in [-0.2, -0.15) is 5.10 Å². The first kappa shape index (κ1) is 21.1. The molecule has 0 unspecified atom stereocenters. The van der Waals surface area contributed by atoms with E-state index in [0.717, 1.165) is 31.2 Å². The normalized spacial score (nSPS) is 14.9. The van der Waals surface area contributed by atoms with Crippen LogP contribution in [0.5, 0.6) is 0 Å². The molecule has 9 heteroatoms. The summed E-state index contributed by atoms with van der Waals surface area (Å²) in [6.07, 6.45) is 8.02. The van der Waals surface area contributed by atoms with Crippen LogP contribution in [0, 0.1) is 0 Å². The summed E-state index contributed by atoms with van der Waals surface area (Å²) in [6, 6.07) is 4.00. The van der Waals surface area contributed by atoms with Crippen LogP contribution in [0.4, 0.5) is 5.69 Å². The highest BCUT2D eigenvalue weighted by atomic mass is 127. The van der Waals surface area contributed by atoms with E-state index in [1.807, 2.05) is 37.2 Å². The van der Waals surface area contributed by atoms with Gasteiger partial charge in [-0.25, -0.2) is 0 Å². The van der Waals surface area contributed by atoms with E-state index < -0.39 is 0 Å². The predicted molar refractivity (Wildman–Crippen MR) is 116 cm³/mol. The fourth-order valence-corrected chi connectivity index (χ4v) is 2.94. The number of anilines is 1. The zero-order valence-corrected chi connectivity index (χ0v) is 18.0. The lowest BCUT2D eigenvalue weighted by Gasteiger charge is -2.35. The van der Waals surface area contributed by atoms with E-state index in [-0.39, 0.29) is 29.9 Å². The lowest BCUT2D eigenvalue weighted by molar-refractivity contribution is -0.120. The number of aryl methyl sites for hydroxylation is 1. The number of nitrogens with zero attached hydrogens (tertiary/aromatic N) is 6. The van der Waals surface area contributed by atoms with E-state index in [1.54, 1.807) is 28.2 Å². The molecule has 0 bridgehead atoms. The fourth-order valence-electron chi connectivity index (χ4n) is 2.94. The summed E-state index contributed by atoms with van der Waals surface area (Å²) in [5, 5.41) is 7.44. The van der Waals surface area contributed by atoms with Gasteiger partial charge in [-0.15, -0.1) is 24.0 Å². The Morgan fingerprint density at radius 2 is 2.07 bits per heavy atom. The molecular weight excluding hydrogens is 457 g/mol. The molecule has 0 aliphatic carbocycles. The van der Waals surface area contributed by atoms with Crippen LogP contribution in [0.3, 0.4) is 0 Å². The SMILES string of the molecule is CCNC(=NCCc1ccncc1)N1CCN(c2cnn(C)c2)C(=O)C1.I. The number of hydrogen-bond donors (Lipinski definition) is 1. The molecular formula is C18H26IN7O. The van der Waals surface area contributed by atoms with Gasteiger partial charge in [0.1, 0.15) is 6.54 Å². The molecule has 146 valence electrons. The monoisotopic (exact) mass is 483 g/mol. The van der Waals surface area contributed by atoms with E-state index in [4.69, 9.17) is 4.99 Å². The minimum Gasteiger partial charge on any atom is -0.357 e. The fraction of sp³-hybridized carbons (Fsp3) is 0.444. The Balaban J connectivity index is 0.00000261. The molecule has 0 atom stereocenters. The average Bonchev–Trinajstić information content (AvgIpc) is 3.08. The van der Waals surface area contributed by atoms with Gasteiger partial charge >= 0.3 is 0 Å². The van der Waals surface area contributed by atoms with Crippen LogP contribution in [0.15, 0.2) is 41.9 Å². The second kappa shape index (κ2) is 10.2. The number of aliphatic imine (C=N–C) groups is 1. The van der Waals surface area contributed by atoms with Gasteiger partial charge in [-0.3, -0.25) is 19.5 Å². The molecule has 2 aromatic rings. The standard InChI is InChI=1S/C18H25N7O.HI/c1-3-20-18(21-9-6-15-4-7-19-8-5-15)24-10-11-25(17(26)14-24)16-12-22-23(2)13-16;/h4-5,7-8,12-13H,3,6,9-11,14H2,1-2H3,(H,20,21);1H. The Hall–Kier alpha value is -2.17. The van der Waals surface area contributed by atoms with Crippen molar-refractivity contribution in [3.8, 4) is 0 Å². The van der Waals surface area contributed by atoms with E-state index >= 15 is 0 Å². The molecule has 2 aromatic heterocycles.